The second-order valence-electron chi connectivity index (χ2n) is 5.03. The van der Waals surface area contributed by atoms with Crippen molar-refractivity contribution in [3.63, 3.8) is 0 Å². The quantitative estimate of drug-likeness (QED) is 0.786. The van der Waals surface area contributed by atoms with Gasteiger partial charge in [-0.25, -0.2) is 0 Å². The van der Waals surface area contributed by atoms with E-state index in [4.69, 9.17) is 9.47 Å². The molecule has 0 fully saturated rings. The van der Waals surface area contributed by atoms with Gasteiger partial charge >= 0.3 is 0 Å². The van der Waals surface area contributed by atoms with Gasteiger partial charge in [0.1, 0.15) is 6.61 Å². The van der Waals surface area contributed by atoms with Crippen molar-refractivity contribution in [3.05, 3.63) is 59.7 Å². The van der Waals surface area contributed by atoms with Crippen molar-refractivity contribution in [3.8, 4) is 11.5 Å². The molecule has 0 aromatic heterocycles. The van der Waals surface area contributed by atoms with E-state index in [2.05, 4.69) is 43.4 Å². The van der Waals surface area contributed by atoms with E-state index >= 15 is 0 Å². The lowest BCUT2D eigenvalue weighted by Crippen LogP contribution is -2.24. The van der Waals surface area contributed by atoms with Crippen molar-refractivity contribution >= 4 is 0 Å². The molecule has 2 aromatic carbocycles. The molecule has 3 heteroatoms. The number of rotatable bonds is 7. The van der Waals surface area contributed by atoms with E-state index in [1.165, 1.54) is 11.1 Å². The monoisotopic (exact) mass is 285 g/mol. The number of nitrogens with one attached hydrogen (secondary N) is 1. The molecule has 0 aliphatic heterocycles. The lowest BCUT2D eigenvalue weighted by molar-refractivity contribution is 0.287. The first-order valence-electron chi connectivity index (χ1n) is 7.27. The highest BCUT2D eigenvalue weighted by atomic mass is 16.5. The van der Waals surface area contributed by atoms with Gasteiger partial charge in [-0.05, 0) is 37.1 Å². The number of para-hydroxylation sites is 2. The Morgan fingerprint density at radius 2 is 1.67 bits per heavy atom. The first-order valence-corrected chi connectivity index (χ1v) is 7.27. The van der Waals surface area contributed by atoms with E-state index in [9.17, 15) is 0 Å². The molecule has 112 valence electrons. The first kappa shape index (κ1) is 15.4. The molecule has 0 aliphatic carbocycles. The van der Waals surface area contributed by atoms with Gasteiger partial charge in [-0.1, -0.05) is 36.4 Å². The molecular weight excluding hydrogens is 262 g/mol. The molecule has 0 aliphatic rings. The van der Waals surface area contributed by atoms with Crippen molar-refractivity contribution in [2.75, 3.05) is 20.3 Å². The zero-order chi connectivity index (χ0) is 15.1. The highest BCUT2D eigenvalue weighted by Crippen LogP contribution is 2.25. The van der Waals surface area contributed by atoms with Gasteiger partial charge in [-0.3, -0.25) is 0 Å². The van der Waals surface area contributed by atoms with E-state index in [0.717, 1.165) is 18.0 Å². The van der Waals surface area contributed by atoms with Crippen LogP contribution in [-0.4, -0.2) is 20.3 Å². The van der Waals surface area contributed by atoms with E-state index in [1.807, 2.05) is 24.3 Å². The smallest absolute Gasteiger partial charge is 0.161 e. The standard InChI is InChI=1S/C18H23NO2/c1-14-8-4-5-9-16(14)15(2)19-12-13-21-18-11-7-6-10-17(18)20-3/h4-11,15,19H,12-13H2,1-3H3/t15-/m1/s1. The minimum atomic E-state index is 0.312. The molecule has 2 rings (SSSR count). The van der Waals surface area contributed by atoms with Crippen molar-refractivity contribution in [2.45, 2.75) is 19.9 Å². The molecule has 3 nitrogen and oxygen atoms in total. The van der Waals surface area contributed by atoms with Gasteiger partial charge in [0, 0.05) is 12.6 Å². The molecular formula is C18H23NO2. The maximum absolute atomic E-state index is 5.76. The van der Waals surface area contributed by atoms with Crippen LogP contribution in [0, 0.1) is 6.92 Å². The third kappa shape index (κ3) is 4.23. The number of hydrogen-bond donors (Lipinski definition) is 1. The molecule has 0 spiro atoms. The van der Waals surface area contributed by atoms with Crippen LogP contribution < -0.4 is 14.8 Å². The van der Waals surface area contributed by atoms with E-state index in [1.54, 1.807) is 7.11 Å². The molecule has 0 saturated carbocycles. The van der Waals surface area contributed by atoms with Gasteiger partial charge in [-0.15, -0.1) is 0 Å². The van der Waals surface area contributed by atoms with Crippen molar-refractivity contribution in [1.82, 2.24) is 5.32 Å². The number of hydrogen-bond acceptors (Lipinski definition) is 3. The third-order valence-electron chi connectivity index (χ3n) is 3.53. The molecule has 1 atom stereocenters. The fraction of sp³-hybridized carbons (Fsp3) is 0.333. The van der Waals surface area contributed by atoms with Gasteiger partial charge in [-0.2, -0.15) is 0 Å². The molecule has 0 heterocycles. The van der Waals surface area contributed by atoms with Crippen molar-refractivity contribution < 1.29 is 9.47 Å². The Morgan fingerprint density at radius 1 is 1.00 bits per heavy atom. The van der Waals surface area contributed by atoms with E-state index in [-0.39, 0.29) is 0 Å². The van der Waals surface area contributed by atoms with E-state index < -0.39 is 0 Å². The Bertz CT molecular complexity index is 569. The van der Waals surface area contributed by atoms with Crippen molar-refractivity contribution in [2.24, 2.45) is 0 Å². The highest BCUT2D eigenvalue weighted by Gasteiger charge is 2.07. The summed E-state index contributed by atoms with van der Waals surface area (Å²) in [5.74, 6) is 1.55. The average Bonchev–Trinajstić information content (AvgIpc) is 2.52. The molecule has 1 N–H and O–H groups in total. The van der Waals surface area contributed by atoms with Crippen LogP contribution in [-0.2, 0) is 0 Å². The predicted octanol–water partition coefficient (Wildman–Crippen LogP) is 3.73. The van der Waals surface area contributed by atoms with Crippen LogP contribution >= 0.6 is 0 Å². The second kappa shape index (κ2) is 7.70. The minimum Gasteiger partial charge on any atom is -0.493 e. The summed E-state index contributed by atoms with van der Waals surface area (Å²) in [5.41, 5.74) is 2.64. The average molecular weight is 285 g/mol. The van der Waals surface area contributed by atoms with Crippen molar-refractivity contribution in [1.29, 1.82) is 0 Å². The summed E-state index contributed by atoms with van der Waals surface area (Å²) >= 11 is 0. The molecule has 0 unspecified atom stereocenters. The Kier molecular flexibility index (Phi) is 5.64. The van der Waals surface area contributed by atoms with Gasteiger partial charge in [0.15, 0.2) is 11.5 Å². The van der Waals surface area contributed by atoms with Gasteiger partial charge in [0.25, 0.3) is 0 Å². The van der Waals surface area contributed by atoms with Gasteiger partial charge in [0.2, 0.25) is 0 Å². The molecule has 0 saturated heterocycles. The van der Waals surface area contributed by atoms with Crippen LogP contribution in [0.4, 0.5) is 0 Å². The molecule has 2 aromatic rings. The van der Waals surface area contributed by atoms with Crippen LogP contribution in [0.25, 0.3) is 0 Å². The van der Waals surface area contributed by atoms with Crippen LogP contribution in [0.5, 0.6) is 11.5 Å². The zero-order valence-corrected chi connectivity index (χ0v) is 12.9. The molecule has 0 amide bonds. The lowest BCUT2D eigenvalue weighted by Gasteiger charge is -2.17. The SMILES string of the molecule is COc1ccccc1OCCN[C@H](C)c1ccccc1C. The van der Waals surface area contributed by atoms with Gasteiger partial charge in [0.05, 0.1) is 7.11 Å². The summed E-state index contributed by atoms with van der Waals surface area (Å²) in [6.07, 6.45) is 0. The van der Waals surface area contributed by atoms with E-state index in [0.29, 0.717) is 12.6 Å². The van der Waals surface area contributed by atoms with Gasteiger partial charge < -0.3 is 14.8 Å². The second-order valence-corrected chi connectivity index (χ2v) is 5.03. The Morgan fingerprint density at radius 3 is 2.38 bits per heavy atom. The summed E-state index contributed by atoms with van der Waals surface area (Å²) in [7, 11) is 1.65. The lowest BCUT2D eigenvalue weighted by atomic mass is 10.0. The van der Waals surface area contributed by atoms with Crippen LogP contribution in [0.2, 0.25) is 0 Å². The summed E-state index contributed by atoms with van der Waals surface area (Å²) in [5, 5.41) is 3.48. The molecule has 0 radical (unpaired) electrons. The Hall–Kier alpha value is -2.00. The fourth-order valence-electron chi connectivity index (χ4n) is 2.36. The van der Waals surface area contributed by atoms with Crippen LogP contribution in [0.1, 0.15) is 24.1 Å². The fourth-order valence-corrected chi connectivity index (χ4v) is 2.36. The predicted molar refractivity (Wildman–Crippen MR) is 86.1 cm³/mol. The largest absolute Gasteiger partial charge is 0.493 e. The summed E-state index contributed by atoms with van der Waals surface area (Å²) in [6.45, 7) is 5.70. The molecule has 0 bridgehead atoms. The minimum absolute atomic E-state index is 0.312. The number of aryl methyl sites for hydroxylation is 1. The first-order chi connectivity index (χ1) is 10.2. The maximum atomic E-state index is 5.76. The maximum Gasteiger partial charge on any atom is 0.161 e. The molecule has 21 heavy (non-hydrogen) atoms. The van der Waals surface area contributed by atoms with Crippen LogP contribution in [0.3, 0.4) is 0 Å². The summed E-state index contributed by atoms with van der Waals surface area (Å²) in [6, 6.07) is 16.5. The topological polar surface area (TPSA) is 30.5 Å². The normalized spacial score (nSPS) is 12.0. The Balaban J connectivity index is 1.81. The van der Waals surface area contributed by atoms with Crippen LogP contribution in [0.15, 0.2) is 48.5 Å². The Labute approximate surface area is 126 Å². The number of methoxy groups -OCH3 is 1. The highest BCUT2D eigenvalue weighted by molar-refractivity contribution is 5.39. The summed E-state index contributed by atoms with van der Waals surface area (Å²) in [4.78, 5) is 0. The zero-order valence-electron chi connectivity index (χ0n) is 12.9. The number of benzene rings is 2. The third-order valence-corrected chi connectivity index (χ3v) is 3.53. The number of ether oxygens (including phenoxy) is 2. The summed E-state index contributed by atoms with van der Waals surface area (Å²) < 4.78 is 11.0.